The minimum Gasteiger partial charge on any atom is -0.309 e. The van der Waals surface area contributed by atoms with Crippen LogP contribution in [0.15, 0.2) is 30.7 Å². The zero-order valence-corrected chi connectivity index (χ0v) is 14.3. The van der Waals surface area contributed by atoms with E-state index in [2.05, 4.69) is 10.1 Å². The molecule has 0 aliphatic carbocycles. The Balaban J connectivity index is 2.19. The monoisotopic (exact) mass is 338 g/mol. The average molecular weight is 339 g/mol. The van der Waals surface area contributed by atoms with Crippen molar-refractivity contribution in [3.8, 4) is 5.69 Å². The molecule has 0 unspecified atom stereocenters. The third-order valence-electron chi connectivity index (χ3n) is 3.21. The van der Waals surface area contributed by atoms with Gasteiger partial charge in [0.05, 0.1) is 18.1 Å². The van der Waals surface area contributed by atoms with E-state index in [0.717, 1.165) is 17.9 Å². The fourth-order valence-corrected chi connectivity index (χ4v) is 2.80. The van der Waals surface area contributed by atoms with Crippen LogP contribution in [0.1, 0.15) is 19.8 Å². The lowest BCUT2D eigenvalue weighted by atomic mass is 10.3. The van der Waals surface area contributed by atoms with Crippen molar-refractivity contribution >= 4 is 35.0 Å². The van der Waals surface area contributed by atoms with Crippen LogP contribution in [0.25, 0.3) is 5.69 Å². The van der Waals surface area contributed by atoms with Crippen LogP contribution in [0.3, 0.4) is 0 Å². The Morgan fingerprint density at radius 3 is 2.95 bits per heavy atom. The third-order valence-corrected chi connectivity index (χ3v) is 4.18. The molecule has 0 saturated heterocycles. The van der Waals surface area contributed by atoms with E-state index in [9.17, 15) is 4.79 Å². The van der Waals surface area contributed by atoms with Gasteiger partial charge in [0.1, 0.15) is 5.69 Å². The van der Waals surface area contributed by atoms with Gasteiger partial charge in [-0.1, -0.05) is 11.6 Å². The summed E-state index contributed by atoms with van der Waals surface area (Å²) in [7, 11) is 0. The molecule has 0 aliphatic heterocycles. The predicted octanol–water partition coefficient (Wildman–Crippen LogP) is 3.42. The highest BCUT2D eigenvalue weighted by Gasteiger charge is 2.19. The number of aromatic nitrogens is 3. The summed E-state index contributed by atoms with van der Waals surface area (Å²) in [6, 6.07) is 3.71. The largest absolute Gasteiger partial charge is 0.309 e. The van der Waals surface area contributed by atoms with Crippen LogP contribution in [0, 0.1) is 0 Å². The highest BCUT2D eigenvalue weighted by atomic mass is 35.5. The molecule has 0 fully saturated rings. The van der Waals surface area contributed by atoms with Gasteiger partial charge in [-0.05, 0) is 37.5 Å². The van der Waals surface area contributed by atoms with Gasteiger partial charge in [0.2, 0.25) is 5.91 Å². The highest BCUT2D eigenvalue weighted by Crippen LogP contribution is 2.26. The van der Waals surface area contributed by atoms with Crippen LogP contribution in [-0.2, 0) is 4.79 Å². The molecule has 0 N–H and O–H groups in total. The minimum absolute atomic E-state index is 0.0733. The summed E-state index contributed by atoms with van der Waals surface area (Å²) in [6.07, 6.45) is 8.59. The second-order valence-corrected chi connectivity index (χ2v) is 6.04. The normalized spacial score (nSPS) is 10.7. The zero-order chi connectivity index (χ0) is 15.9. The summed E-state index contributed by atoms with van der Waals surface area (Å²) in [6.45, 7) is 2.50. The van der Waals surface area contributed by atoms with Crippen molar-refractivity contribution in [3.05, 3.63) is 35.9 Å². The fraction of sp³-hybridized carbons (Fsp3) is 0.400. The molecule has 0 bridgehead atoms. The second kappa shape index (κ2) is 8.19. The van der Waals surface area contributed by atoms with Gasteiger partial charge in [-0.25, -0.2) is 4.68 Å². The van der Waals surface area contributed by atoms with Gasteiger partial charge in [0.25, 0.3) is 0 Å². The first-order valence-corrected chi connectivity index (χ1v) is 8.89. The van der Waals surface area contributed by atoms with Gasteiger partial charge in [-0.3, -0.25) is 9.78 Å². The van der Waals surface area contributed by atoms with Gasteiger partial charge >= 0.3 is 0 Å². The van der Waals surface area contributed by atoms with Crippen molar-refractivity contribution in [1.82, 2.24) is 14.8 Å². The molecular weight excluding hydrogens is 320 g/mol. The minimum atomic E-state index is 0.0733. The Kier molecular flexibility index (Phi) is 6.27. The number of carbonyl (C=O) groups excluding carboxylic acids is 1. The first kappa shape index (κ1) is 16.8. The third kappa shape index (κ3) is 4.01. The Labute approximate surface area is 139 Å². The van der Waals surface area contributed by atoms with Crippen molar-refractivity contribution in [2.45, 2.75) is 19.8 Å². The fourth-order valence-electron chi connectivity index (χ4n) is 2.13. The van der Waals surface area contributed by atoms with Crippen molar-refractivity contribution in [2.75, 3.05) is 23.5 Å². The van der Waals surface area contributed by atoms with Crippen molar-refractivity contribution in [3.63, 3.8) is 0 Å². The van der Waals surface area contributed by atoms with Crippen LogP contribution in [0.5, 0.6) is 0 Å². The molecule has 0 spiro atoms. The quantitative estimate of drug-likeness (QED) is 0.726. The van der Waals surface area contributed by atoms with Crippen LogP contribution in [0.2, 0.25) is 5.15 Å². The van der Waals surface area contributed by atoms with Gasteiger partial charge in [0, 0.05) is 19.2 Å². The first-order chi connectivity index (χ1) is 10.7. The summed E-state index contributed by atoms with van der Waals surface area (Å²) >= 11 is 7.97. The molecule has 0 aliphatic rings. The lowest BCUT2D eigenvalue weighted by molar-refractivity contribution is -0.118. The Bertz CT molecular complexity index is 617. The van der Waals surface area contributed by atoms with E-state index in [4.69, 9.17) is 11.6 Å². The number of thioether (sulfide) groups is 1. The SMILES string of the molecule is CCN(C(=O)CCCSC)c1cn(-c2cccnc2)nc1Cl. The van der Waals surface area contributed by atoms with Gasteiger partial charge < -0.3 is 4.90 Å². The Morgan fingerprint density at radius 2 is 2.32 bits per heavy atom. The molecule has 2 aromatic rings. The summed E-state index contributed by atoms with van der Waals surface area (Å²) in [4.78, 5) is 18.1. The summed E-state index contributed by atoms with van der Waals surface area (Å²) < 4.78 is 1.64. The van der Waals surface area contributed by atoms with Crippen LogP contribution < -0.4 is 4.90 Å². The molecule has 22 heavy (non-hydrogen) atoms. The van der Waals surface area contributed by atoms with E-state index >= 15 is 0 Å². The van der Waals surface area contributed by atoms with E-state index in [1.807, 2.05) is 25.3 Å². The lowest BCUT2D eigenvalue weighted by Crippen LogP contribution is -2.30. The lowest BCUT2D eigenvalue weighted by Gasteiger charge is -2.19. The maximum absolute atomic E-state index is 12.4. The number of nitrogens with zero attached hydrogens (tertiary/aromatic N) is 4. The van der Waals surface area contributed by atoms with E-state index in [1.54, 1.807) is 39.9 Å². The van der Waals surface area contributed by atoms with Crippen molar-refractivity contribution < 1.29 is 4.79 Å². The van der Waals surface area contributed by atoms with E-state index in [1.165, 1.54) is 0 Å². The van der Waals surface area contributed by atoms with E-state index in [-0.39, 0.29) is 5.91 Å². The number of halogens is 1. The number of hydrogen-bond donors (Lipinski definition) is 0. The molecule has 7 heteroatoms. The summed E-state index contributed by atoms with van der Waals surface area (Å²) in [5, 5.41) is 4.60. The number of hydrogen-bond acceptors (Lipinski definition) is 4. The molecule has 0 aromatic carbocycles. The zero-order valence-electron chi connectivity index (χ0n) is 12.7. The molecule has 0 atom stereocenters. The molecule has 118 valence electrons. The highest BCUT2D eigenvalue weighted by molar-refractivity contribution is 7.98. The number of pyridine rings is 1. The number of anilines is 1. The molecule has 0 radical (unpaired) electrons. The number of amides is 1. The summed E-state index contributed by atoms with van der Waals surface area (Å²) in [5.74, 6) is 1.05. The van der Waals surface area contributed by atoms with Crippen molar-refractivity contribution in [2.24, 2.45) is 0 Å². The Morgan fingerprint density at radius 1 is 1.50 bits per heavy atom. The van der Waals surface area contributed by atoms with Gasteiger partial charge in [-0.2, -0.15) is 16.9 Å². The van der Waals surface area contributed by atoms with Crippen LogP contribution in [0.4, 0.5) is 5.69 Å². The molecule has 1 amide bonds. The maximum atomic E-state index is 12.4. The number of carbonyl (C=O) groups is 1. The molecule has 2 heterocycles. The van der Waals surface area contributed by atoms with Crippen LogP contribution >= 0.6 is 23.4 Å². The van der Waals surface area contributed by atoms with Crippen LogP contribution in [-0.4, -0.2) is 39.2 Å². The van der Waals surface area contributed by atoms with Crippen molar-refractivity contribution in [1.29, 1.82) is 0 Å². The predicted molar refractivity (Wildman–Crippen MR) is 92.0 cm³/mol. The average Bonchev–Trinajstić information content (AvgIpc) is 2.91. The topological polar surface area (TPSA) is 51.0 Å². The molecule has 0 saturated carbocycles. The number of rotatable bonds is 7. The molecule has 5 nitrogen and oxygen atoms in total. The standard InChI is InChI=1S/C15H19ClN4OS/c1-3-19(14(21)7-5-9-22-2)13-11-20(18-15(13)16)12-6-4-8-17-10-12/h4,6,8,10-11H,3,5,7,9H2,1-2H3. The maximum Gasteiger partial charge on any atom is 0.227 e. The first-order valence-electron chi connectivity index (χ1n) is 7.12. The smallest absolute Gasteiger partial charge is 0.227 e. The second-order valence-electron chi connectivity index (χ2n) is 4.70. The van der Waals surface area contributed by atoms with Gasteiger partial charge in [-0.15, -0.1) is 0 Å². The Hall–Kier alpha value is -1.53. The van der Waals surface area contributed by atoms with Gasteiger partial charge in [0.15, 0.2) is 5.15 Å². The van der Waals surface area contributed by atoms with E-state index < -0.39 is 0 Å². The molecule has 2 aromatic heterocycles. The molecular formula is C15H19ClN4OS. The summed E-state index contributed by atoms with van der Waals surface area (Å²) in [5.41, 5.74) is 1.45. The van der Waals surface area contributed by atoms with E-state index in [0.29, 0.717) is 23.8 Å². The molecule has 2 rings (SSSR count).